The summed E-state index contributed by atoms with van der Waals surface area (Å²) in [6.07, 6.45) is 0. The van der Waals surface area contributed by atoms with E-state index in [1.807, 2.05) is 18.2 Å². The average Bonchev–Trinajstić information content (AvgIpc) is 2.62. The number of sulfonamides is 1. The Balaban J connectivity index is 1.74. The fourth-order valence-corrected chi connectivity index (χ4v) is 3.88. The first-order valence-corrected chi connectivity index (χ1v) is 10.3. The number of para-hydroxylation sites is 1. The largest absolute Gasteiger partial charge is 0.322 e. The second-order valence-corrected chi connectivity index (χ2v) is 8.39. The molecule has 0 bridgehead atoms. The van der Waals surface area contributed by atoms with E-state index in [0.717, 1.165) is 3.57 Å². The molecule has 0 aliphatic carbocycles. The number of carbonyl (C=O) groups excluding carboxylic acids is 1. The summed E-state index contributed by atoms with van der Waals surface area (Å²) in [5, 5.41) is 2.79. The molecule has 0 saturated carbocycles. The van der Waals surface area contributed by atoms with Gasteiger partial charge in [-0.2, -0.15) is 0 Å². The van der Waals surface area contributed by atoms with Gasteiger partial charge >= 0.3 is 0 Å². The highest BCUT2D eigenvalue weighted by molar-refractivity contribution is 14.1. The van der Waals surface area contributed by atoms with Crippen molar-refractivity contribution in [2.24, 2.45) is 0 Å². The predicted octanol–water partition coefficient (Wildman–Crippen LogP) is 4.34. The number of nitrogens with one attached hydrogen (secondary N) is 2. The topological polar surface area (TPSA) is 75.3 Å². The SMILES string of the molecule is O=C(Nc1cccc(I)c1)c1ccc(S(=O)(=O)Nc2ccccc2)cc1. The van der Waals surface area contributed by atoms with Crippen molar-refractivity contribution in [2.75, 3.05) is 10.0 Å². The summed E-state index contributed by atoms with van der Waals surface area (Å²) in [7, 11) is -3.70. The second-order valence-electron chi connectivity index (χ2n) is 5.46. The minimum atomic E-state index is -3.70. The molecule has 2 N–H and O–H groups in total. The van der Waals surface area contributed by atoms with E-state index in [4.69, 9.17) is 0 Å². The average molecular weight is 478 g/mol. The Morgan fingerprint density at radius 3 is 2.12 bits per heavy atom. The van der Waals surface area contributed by atoms with Gasteiger partial charge in [0.15, 0.2) is 0 Å². The van der Waals surface area contributed by atoms with Gasteiger partial charge in [-0.25, -0.2) is 8.42 Å². The van der Waals surface area contributed by atoms with Crippen molar-refractivity contribution in [3.63, 3.8) is 0 Å². The number of halogens is 1. The van der Waals surface area contributed by atoms with Gasteiger partial charge in [0.2, 0.25) is 0 Å². The Bertz CT molecular complexity index is 1020. The summed E-state index contributed by atoms with van der Waals surface area (Å²) in [5.74, 6) is -0.299. The minimum Gasteiger partial charge on any atom is -0.322 e. The van der Waals surface area contributed by atoms with Crippen LogP contribution >= 0.6 is 22.6 Å². The zero-order valence-corrected chi connectivity index (χ0v) is 16.5. The Labute approximate surface area is 165 Å². The first-order chi connectivity index (χ1) is 12.4. The molecule has 5 nitrogen and oxygen atoms in total. The van der Waals surface area contributed by atoms with E-state index < -0.39 is 10.0 Å². The monoisotopic (exact) mass is 478 g/mol. The molecule has 3 aromatic rings. The van der Waals surface area contributed by atoms with Gasteiger partial charge in [0.1, 0.15) is 0 Å². The molecule has 3 rings (SSSR count). The van der Waals surface area contributed by atoms with Gasteiger partial charge in [0.05, 0.1) is 4.90 Å². The van der Waals surface area contributed by atoms with E-state index in [0.29, 0.717) is 16.9 Å². The highest BCUT2D eigenvalue weighted by Crippen LogP contribution is 2.18. The lowest BCUT2D eigenvalue weighted by atomic mass is 10.2. The Morgan fingerprint density at radius 1 is 0.808 bits per heavy atom. The quantitative estimate of drug-likeness (QED) is 0.536. The van der Waals surface area contributed by atoms with Crippen LogP contribution in [0.4, 0.5) is 11.4 Å². The summed E-state index contributed by atoms with van der Waals surface area (Å²) in [4.78, 5) is 12.4. The van der Waals surface area contributed by atoms with Gasteiger partial charge in [0, 0.05) is 20.5 Å². The van der Waals surface area contributed by atoms with E-state index in [1.54, 1.807) is 36.4 Å². The third-order valence-electron chi connectivity index (χ3n) is 3.54. The minimum absolute atomic E-state index is 0.0900. The van der Waals surface area contributed by atoms with Crippen LogP contribution in [0.25, 0.3) is 0 Å². The number of amides is 1. The van der Waals surface area contributed by atoms with E-state index in [9.17, 15) is 13.2 Å². The molecule has 3 aromatic carbocycles. The van der Waals surface area contributed by atoms with Crippen LogP contribution in [0.15, 0.2) is 83.8 Å². The molecule has 0 spiro atoms. The predicted molar refractivity (Wildman–Crippen MR) is 111 cm³/mol. The standard InChI is InChI=1S/C19H15IN2O3S/c20-15-5-4-8-17(13-15)21-19(23)14-9-11-18(12-10-14)26(24,25)22-16-6-2-1-3-7-16/h1-13,22H,(H,21,23). The van der Waals surface area contributed by atoms with E-state index in [1.165, 1.54) is 24.3 Å². The molecule has 7 heteroatoms. The molecule has 0 fully saturated rings. The fourth-order valence-electron chi connectivity index (χ4n) is 2.28. The Hall–Kier alpha value is -2.39. The lowest BCUT2D eigenvalue weighted by molar-refractivity contribution is 0.102. The maximum absolute atomic E-state index is 12.4. The van der Waals surface area contributed by atoms with Crippen LogP contribution in [0.5, 0.6) is 0 Å². The van der Waals surface area contributed by atoms with E-state index in [-0.39, 0.29) is 10.8 Å². The molecule has 26 heavy (non-hydrogen) atoms. The number of hydrogen-bond acceptors (Lipinski definition) is 3. The lowest BCUT2D eigenvalue weighted by Gasteiger charge is -2.09. The summed E-state index contributed by atoms with van der Waals surface area (Å²) in [5.41, 5.74) is 1.54. The van der Waals surface area contributed by atoms with Crippen LogP contribution in [0, 0.1) is 3.57 Å². The number of benzene rings is 3. The molecule has 0 aromatic heterocycles. The molecule has 0 aliphatic heterocycles. The summed E-state index contributed by atoms with van der Waals surface area (Å²) < 4.78 is 28.3. The molecule has 0 radical (unpaired) electrons. The molecule has 0 heterocycles. The van der Waals surface area contributed by atoms with Crippen molar-refractivity contribution in [3.8, 4) is 0 Å². The van der Waals surface area contributed by atoms with Crippen molar-refractivity contribution in [3.05, 3.63) is 88.0 Å². The molecule has 0 unspecified atom stereocenters. The molecular weight excluding hydrogens is 463 g/mol. The maximum atomic E-state index is 12.4. The normalized spacial score (nSPS) is 11.0. The van der Waals surface area contributed by atoms with Crippen molar-refractivity contribution in [2.45, 2.75) is 4.90 Å². The van der Waals surface area contributed by atoms with Gasteiger partial charge in [-0.15, -0.1) is 0 Å². The van der Waals surface area contributed by atoms with Crippen LogP contribution in [0.2, 0.25) is 0 Å². The van der Waals surface area contributed by atoms with Crippen molar-refractivity contribution >= 4 is 49.9 Å². The highest BCUT2D eigenvalue weighted by Gasteiger charge is 2.15. The van der Waals surface area contributed by atoms with Crippen LogP contribution in [-0.4, -0.2) is 14.3 Å². The summed E-state index contributed by atoms with van der Waals surface area (Å²) in [6.45, 7) is 0. The smallest absolute Gasteiger partial charge is 0.261 e. The van der Waals surface area contributed by atoms with Crippen molar-refractivity contribution in [1.29, 1.82) is 0 Å². The van der Waals surface area contributed by atoms with Crippen LogP contribution in [0.3, 0.4) is 0 Å². The van der Waals surface area contributed by atoms with Crippen LogP contribution in [0.1, 0.15) is 10.4 Å². The summed E-state index contributed by atoms with van der Waals surface area (Å²) in [6, 6.07) is 21.9. The molecule has 132 valence electrons. The zero-order valence-electron chi connectivity index (χ0n) is 13.5. The molecule has 0 saturated heterocycles. The maximum Gasteiger partial charge on any atom is 0.261 e. The van der Waals surface area contributed by atoms with Gasteiger partial charge in [-0.3, -0.25) is 9.52 Å². The number of anilines is 2. The van der Waals surface area contributed by atoms with E-state index in [2.05, 4.69) is 32.6 Å². The number of hydrogen-bond donors (Lipinski definition) is 2. The van der Waals surface area contributed by atoms with Crippen molar-refractivity contribution < 1.29 is 13.2 Å². The van der Waals surface area contributed by atoms with Crippen LogP contribution in [-0.2, 0) is 10.0 Å². The van der Waals surface area contributed by atoms with Gasteiger partial charge in [-0.05, 0) is 77.2 Å². The summed E-state index contributed by atoms with van der Waals surface area (Å²) >= 11 is 2.16. The molecular formula is C19H15IN2O3S. The third-order valence-corrected chi connectivity index (χ3v) is 5.60. The number of rotatable bonds is 5. The highest BCUT2D eigenvalue weighted by atomic mass is 127. The number of carbonyl (C=O) groups is 1. The third kappa shape index (κ3) is 4.61. The first kappa shape index (κ1) is 18.4. The molecule has 0 aliphatic rings. The molecule has 1 amide bonds. The fraction of sp³-hybridized carbons (Fsp3) is 0. The lowest BCUT2D eigenvalue weighted by Crippen LogP contribution is -2.14. The van der Waals surface area contributed by atoms with Gasteiger partial charge in [0.25, 0.3) is 15.9 Å². The van der Waals surface area contributed by atoms with Crippen LogP contribution < -0.4 is 10.0 Å². The second kappa shape index (κ2) is 7.88. The first-order valence-electron chi connectivity index (χ1n) is 7.69. The van der Waals surface area contributed by atoms with Gasteiger partial charge in [-0.1, -0.05) is 24.3 Å². The molecule has 0 atom stereocenters. The zero-order chi connectivity index (χ0) is 18.6. The Morgan fingerprint density at radius 2 is 1.46 bits per heavy atom. The van der Waals surface area contributed by atoms with Gasteiger partial charge < -0.3 is 5.32 Å². The van der Waals surface area contributed by atoms with Crippen molar-refractivity contribution in [1.82, 2.24) is 0 Å². The Kier molecular flexibility index (Phi) is 5.58. The van der Waals surface area contributed by atoms with E-state index >= 15 is 0 Å².